The molecule has 0 radical (unpaired) electrons. The highest BCUT2D eigenvalue weighted by atomic mass is 35.5. The molecule has 0 amide bonds. The third kappa shape index (κ3) is 5.79. The lowest BCUT2D eigenvalue weighted by molar-refractivity contribution is 0.814. The number of benzene rings is 2. The molecule has 2 aromatic carbocycles. The molecule has 3 aromatic rings. The molecule has 3 rings (SSSR count). The second-order valence-electron chi connectivity index (χ2n) is 5.98. The number of nitrogens with zero attached hydrogens (tertiary/aromatic N) is 5. The Morgan fingerprint density at radius 2 is 1.69 bits per heavy atom. The van der Waals surface area contributed by atoms with Gasteiger partial charge in [0, 0.05) is 29.4 Å². The van der Waals surface area contributed by atoms with Crippen LogP contribution in [0.4, 0.5) is 23.5 Å². The van der Waals surface area contributed by atoms with Gasteiger partial charge in [-0.3, -0.25) is 0 Å². The van der Waals surface area contributed by atoms with Crippen LogP contribution in [0.3, 0.4) is 0 Å². The average molecular weight is 430 g/mol. The van der Waals surface area contributed by atoms with Crippen molar-refractivity contribution in [3.05, 3.63) is 64.1 Å². The Morgan fingerprint density at radius 1 is 0.966 bits per heavy atom. The number of hydrogen-bond donors (Lipinski definition) is 2. The molecule has 0 saturated carbocycles. The topological polar surface area (TPSA) is 78.3 Å². The quantitative estimate of drug-likeness (QED) is 0.377. The first kappa shape index (κ1) is 20.8. The molecular weight excluding hydrogens is 409 g/mol. The molecule has 150 valence electrons. The molecule has 29 heavy (non-hydrogen) atoms. The van der Waals surface area contributed by atoms with Crippen molar-refractivity contribution < 1.29 is 0 Å². The molecule has 0 spiro atoms. The van der Waals surface area contributed by atoms with Gasteiger partial charge in [-0.25, -0.2) is 5.43 Å². The van der Waals surface area contributed by atoms with Crippen LogP contribution in [0.5, 0.6) is 0 Å². The molecule has 7 nitrogen and oxygen atoms in total. The highest BCUT2D eigenvalue weighted by Gasteiger charge is 2.11. The minimum Gasteiger partial charge on any atom is -0.341 e. The Labute approximate surface area is 179 Å². The standard InChI is InChI=1S/C20H21Cl2N7/c1-3-29(4-2)20-26-18(24-16-8-6-5-7-9-16)25-19(27-20)28-23-13-14-10-11-15(21)12-17(14)22/h5-13H,3-4H2,1-2H3,(H2,24,25,26,27,28). The van der Waals surface area contributed by atoms with Gasteiger partial charge in [-0.15, -0.1) is 0 Å². The van der Waals surface area contributed by atoms with E-state index in [4.69, 9.17) is 23.2 Å². The van der Waals surface area contributed by atoms with Crippen molar-refractivity contribution in [3.63, 3.8) is 0 Å². The first-order valence-electron chi connectivity index (χ1n) is 9.16. The van der Waals surface area contributed by atoms with E-state index >= 15 is 0 Å². The van der Waals surface area contributed by atoms with Gasteiger partial charge < -0.3 is 10.2 Å². The van der Waals surface area contributed by atoms with Crippen molar-refractivity contribution in [1.82, 2.24) is 15.0 Å². The molecule has 0 unspecified atom stereocenters. The van der Waals surface area contributed by atoms with Gasteiger partial charge >= 0.3 is 0 Å². The van der Waals surface area contributed by atoms with Crippen LogP contribution in [0.1, 0.15) is 19.4 Å². The highest BCUT2D eigenvalue weighted by Crippen LogP contribution is 2.20. The number of halogens is 2. The summed E-state index contributed by atoms with van der Waals surface area (Å²) in [4.78, 5) is 15.4. The van der Waals surface area contributed by atoms with Crippen LogP contribution in [-0.2, 0) is 0 Å². The van der Waals surface area contributed by atoms with Crippen molar-refractivity contribution in [3.8, 4) is 0 Å². The Balaban J connectivity index is 1.84. The summed E-state index contributed by atoms with van der Waals surface area (Å²) in [5.74, 6) is 1.31. The maximum absolute atomic E-state index is 6.17. The van der Waals surface area contributed by atoms with Crippen molar-refractivity contribution in [2.24, 2.45) is 5.10 Å². The van der Waals surface area contributed by atoms with Gasteiger partial charge in [0.15, 0.2) is 0 Å². The van der Waals surface area contributed by atoms with Crippen LogP contribution in [0, 0.1) is 0 Å². The predicted octanol–water partition coefficient (Wildman–Crippen LogP) is 5.21. The van der Waals surface area contributed by atoms with Crippen LogP contribution in [0.25, 0.3) is 0 Å². The monoisotopic (exact) mass is 429 g/mol. The van der Waals surface area contributed by atoms with Gasteiger partial charge in [-0.05, 0) is 38.1 Å². The molecular formula is C20H21Cl2N7. The molecule has 0 fully saturated rings. The molecule has 9 heteroatoms. The summed E-state index contributed by atoms with van der Waals surface area (Å²) >= 11 is 12.1. The Morgan fingerprint density at radius 3 is 2.38 bits per heavy atom. The Kier molecular flexibility index (Phi) is 7.21. The third-order valence-corrected chi connectivity index (χ3v) is 4.59. The number of hydrogen-bond acceptors (Lipinski definition) is 7. The highest BCUT2D eigenvalue weighted by molar-refractivity contribution is 6.36. The van der Waals surface area contributed by atoms with Crippen LogP contribution in [0.15, 0.2) is 53.6 Å². The molecule has 2 N–H and O–H groups in total. The first-order valence-corrected chi connectivity index (χ1v) is 9.92. The zero-order chi connectivity index (χ0) is 20.6. The third-order valence-electron chi connectivity index (χ3n) is 4.03. The first-order chi connectivity index (χ1) is 14.1. The lowest BCUT2D eigenvalue weighted by Gasteiger charge is -2.19. The van der Waals surface area contributed by atoms with Crippen molar-refractivity contribution >= 4 is 52.9 Å². The summed E-state index contributed by atoms with van der Waals surface area (Å²) in [7, 11) is 0. The summed E-state index contributed by atoms with van der Waals surface area (Å²) in [6.45, 7) is 5.64. The van der Waals surface area contributed by atoms with Crippen molar-refractivity contribution in [2.75, 3.05) is 28.7 Å². The van der Waals surface area contributed by atoms with Crippen LogP contribution in [0.2, 0.25) is 10.0 Å². The number of para-hydroxylation sites is 1. The fraction of sp³-hybridized carbons (Fsp3) is 0.200. The SMILES string of the molecule is CCN(CC)c1nc(NN=Cc2ccc(Cl)cc2Cl)nc(Nc2ccccc2)n1. The minimum atomic E-state index is 0.321. The van der Waals surface area contributed by atoms with E-state index in [1.54, 1.807) is 24.4 Å². The van der Waals surface area contributed by atoms with E-state index in [1.165, 1.54) is 0 Å². The van der Waals surface area contributed by atoms with E-state index in [2.05, 4.69) is 30.8 Å². The number of aromatic nitrogens is 3. The van der Waals surface area contributed by atoms with Gasteiger partial charge in [0.2, 0.25) is 17.8 Å². The fourth-order valence-electron chi connectivity index (χ4n) is 2.53. The van der Waals surface area contributed by atoms with Gasteiger partial charge in [0.05, 0.1) is 11.2 Å². The summed E-state index contributed by atoms with van der Waals surface area (Å²) in [6, 6.07) is 14.9. The molecule has 0 saturated heterocycles. The number of rotatable bonds is 8. The second kappa shape index (κ2) is 10.0. The van der Waals surface area contributed by atoms with Crippen LogP contribution in [-0.4, -0.2) is 34.3 Å². The summed E-state index contributed by atoms with van der Waals surface area (Å²) < 4.78 is 0. The lowest BCUT2D eigenvalue weighted by Crippen LogP contribution is -2.25. The van der Waals surface area contributed by atoms with E-state index in [9.17, 15) is 0 Å². The normalized spacial score (nSPS) is 10.9. The number of hydrazone groups is 1. The molecule has 0 aliphatic heterocycles. The van der Waals surface area contributed by atoms with Crippen LogP contribution >= 0.6 is 23.2 Å². The molecule has 0 atom stereocenters. The van der Waals surface area contributed by atoms with Crippen molar-refractivity contribution in [1.29, 1.82) is 0 Å². The zero-order valence-electron chi connectivity index (χ0n) is 16.1. The lowest BCUT2D eigenvalue weighted by atomic mass is 10.2. The maximum Gasteiger partial charge on any atom is 0.250 e. The van der Waals surface area contributed by atoms with E-state index < -0.39 is 0 Å². The Bertz CT molecular complexity index is 976. The van der Waals surface area contributed by atoms with E-state index in [0.717, 1.165) is 24.3 Å². The Hall–Kier alpha value is -2.90. The summed E-state index contributed by atoms with van der Waals surface area (Å²) in [5, 5.41) is 8.47. The molecule has 1 heterocycles. The van der Waals surface area contributed by atoms with Gasteiger partial charge in [0.25, 0.3) is 0 Å². The number of nitrogens with one attached hydrogen (secondary N) is 2. The second-order valence-corrected chi connectivity index (χ2v) is 6.83. The van der Waals surface area contributed by atoms with E-state index in [0.29, 0.717) is 27.9 Å². The van der Waals surface area contributed by atoms with Crippen molar-refractivity contribution in [2.45, 2.75) is 13.8 Å². The van der Waals surface area contributed by atoms with Gasteiger partial charge in [0.1, 0.15) is 0 Å². The molecule has 0 aliphatic rings. The van der Waals surface area contributed by atoms with Crippen LogP contribution < -0.4 is 15.6 Å². The largest absolute Gasteiger partial charge is 0.341 e. The summed E-state index contributed by atoms with van der Waals surface area (Å²) in [5.41, 5.74) is 4.46. The van der Waals surface area contributed by atoms with Gasteiger partial charge in [-0.1, -0.05) is 47.5 Å². The van der Waals surface area contributed by atoms with Gasteiger partial charge in [-0.2, -0.15) is 20.1 Å². The number of anilines is 4. The smallest absolute Gasteiger partial charge is 0.250 e. The molecule has 0 bridgehead atoms. The predicted molar refractivity (Wildman–Crippen MR) is 121 cm³/mol. The maximum atomic E-state index is 6.17. The fourth-order valence-corrected chi connectivity index (χ4v) is 2.99. The molecule has 1 aromatic heterocycles. The van der Waals surface area contributed by atoms with E-state index in [1.807, 2.05) is 49.1 Å². The van der Waals surface area contributed by atoms with E-state index in [-0.39, 0.29) is 0 Å². The zero-order valence-corrected chi connectivity index (χ0v) is 17.6. The average Bonchev–Trinajstić information content (AvgIpc) is 2.71. The minimum absolute atomic E-state index is 0.321. The summed E-state index contributed by atoms with van der Waals surface area (Å²) in [6.07, 6.45) is 1.59. The molecule has 0 aliphatic carbocycles.